The zero-order valence-corrected chi connectivity index (χ0v) is 23.2. The number of piperidine rings is 1. The van der Waals surface area contributed by atoms with Gasteiger partial charge in [-0.05, 0) is 76.6 Å². The molecule has 1 atom stereocenters. The van der Waals surface area contributed by atoms with Crippen LogP contribution in [0.5, 0.6) is 11.5 Å². The minimum atomic E-state index is -0.875. The molecule has 2 aliphatic rings. The molecule has 0 radical (unpaired) electrons. The Labute approximate surface area is 225 Å². The maximum Gasteiger partial charge on any atom is 0.410 e. The average Bonchev–Trinajstić information content (AvgIpc) is 2.87. The Morgan fingerprint density at radius 3 is 2.32 bits per heavy atom. The number of fused-ring (bicyclic) bond motifs is 1. The van der Waals surface area contributed by atoms with Crippen molar-refractivity contribution in [3.63, 3.8) is 0 Å². The van der Waals surface area contributed by atoms with E-state index in [1.54, 1.807) is 11.8 Å². The summed E-state index contributed by atoms with van der Waals surface area (Å²) in [4.78, 5) is 29.1. The van der Waals surface area contributed by atoms with E-state index in [2.05, 4.69) is 18.0 Å². The number of esters is 1. The molecule has 1 amide bonds. The fourth-order valence-electron chi connectivity index (χ4n) is 4.75. The van der Waals surface area contributed by atoms with Crippen molar-refractivity contribution >= 4 is 12.1 Å². The molecule has 8 nitrogen and oxygen atoms in total. The van der Waals surface area contributed by atoms with Crippen LogP contribution in [0.15, 0.2) is 42.5 Å². The lowest BCUT2D eigenvalue weighted by atomic mass is 10.00. The van der Waals surface area contributed by atoms with Crippen LogP contribution in [-0.4, -0.2) is 66.9 Å². The van der Waals surface area contributed by atoms with Gasteiger partial charge in [0.25, 0.3) is 0 Å². The zero-order valence-electron chi connectivity index (χ0n) is 23.2. The Balaban J connectivity index is 1.38. The van der Waals surface area contributed by atoms with Crippen molar-refractivity contribution in [1.82, 2.24) is 9.80 Å². The maximum absolute atomic E-state index is 12.8. The second-order valence-electron chi connectivity index (χ2n) is 11.0. The Kier molecular flexibility index (Phi) is 8.82. The van der Waals surface area contributed by atoms with Gasteiger partial charge in [0.15, 0.2) is 0 Å². The van der Waals surface area contributed by atoms with Gasteiger partial charge in [0, 0.05) is 44.6 Å². The molecule has 1 saturated heterocycles. The van der Waals surface area contributed by atoms with E-state index in [0.29, 0.717) is 30.2 Å². The molecule has 0 spiro atoms. The van der Waals surface area contributed by atoms with Crippen LogP contribution in [0, 0.1) is 0 Å². The van der Waals surface area contributed by atoms with E-state index in [1.807, 2.05) is 57.2 Å². The van der Waals surface area contributed by atoms with Gasteiger partial charge < -0.3 is 28.7 Å². The molecule has 0 bridgehead atoms. The summed E-state index contributed by atoms with van der Waals surface area (Å²) in [6.45, 7) is 10.7. The molecule has 2 aliphatic heterocycles. The normalized spacial score (nSPS) is 17.3. The van der Waals surface area contributed by atoms with Gasteiger partial charge in [0.05, 0.1) is 6.61 Å². The number of benzene rings is 2. The largest absolute Gasteiger partial charge is 0.490 e. The Bertz CT molecular complexity index is 1100. The number of hydrogen-bond donors (Lipinski definition) is 0. The quantitative estimate of drug-likeness (QED) is 0.465. The second-order valence-corrected chi connectivity index (χ2v) is 11.0. The van der Waals surface area contributed by atoms with Crippen LogP contribution >= 0.6 is 0 Å². The van der Waals surface area contributed by atoms with Gasteiger partial charge in [-0.25, -0.2) is 9.59 Å². The molecular formula is C30H40N2O6. The lowest BCUT2D eigenvalue weighted by Crippen LogP contribution is -2.44. The van der Waals surface area contributed by atoms with Gasteiger partial charge in [-0.1, -0.05) is 18.2 Å². The van der Waals surface area contributed by atoms with Crippen molar-refractivity contribution in [3.8, 4) is 11.5 Å². The monoisotopic (exact) mass is 524 g/mol. The molecule has 206 valence electrons. The number of likely N-dealkylation sites (N-methyl/N-ethyl adjacent to an activating group) is 1. The summed E-state index contributed by atoms with van der Waals surface area (Å²) in [5, 5.41) is 0. The molecule has 8 heteroatoms. The predicted octanol–water partition coefficient (Wildman–Crippen LogP) is 5.14. The van der Waals surface area contributed by atoms with Gasteiger partial charge in [-0.15, -0.1) is 0 Å². The van der Waals surface area contributed by atoms with E-state index in [4.69, 9.17) is 18.9 Å². The zero-order chi connectivity index (χ0) is 27.3. The fraction of sp³-hybridized carbons (Fsp3) is 0.533. The Morgan fingerprint density at radius 2 is 1.66 bits per heavy atom. The van der Waals surface area contributed by atoms with Crippen LogP contribution < -0.4 is 9.47 Å². The lowest BCUT2D eigenvalue weighted by Gasteiger charge is -2.33. The van der Waals surface area contributed by atoms with Crippen molar-refractivity contribution in [2.45, 2.75) is 71.3 Å². The molecule has 0 aliphatic carbocycles. The summed E-state index contributed by atoms with van der Waals surface area (Å²) in [5.41, 5.74) is 2.74. The summed E-state index contributed by atoms with van der Waals surface area (Å²) in [5.74, 6) is 0.934. The first-order valence-corrected chi connectivity index (χ1v) is 13.5. The highest BCUT2D eigenvalue weighted by molar-refractivity contribution is 5.77. The van der Waals surface area contributed by atoms with E-state index in [0.717, 1.165) is 32.4 Å². The highest BCUT2D eigenvalue weighted by Gasteiger charge is 2.28. The molecule has 2 aromatic rings. The van der Waals surface area contributed by atoms with Crippen LogP contribution in [0.25, 0.3) is 0 Å². The first-order chi connectivity index (χ1) is 18.1. The second kappa shape index (κ2) is 12.1. The van der Waals surface area contributed by atoms with E-state index >= 15 is 0 Å². The third-order valence-electron chi connectivity index (χ3n) is 6.71. The smallest absolute Gasteiger partial charge is 0.410 e. The van der Waals surface area contributed by atoms with E-state index in [1.165, 1.54) is 11.1 Å². The van der Waals surface area contributed by atoms with Crippen LogP contribution in [0.3, 0.4) is 0 Å². The van der Waals surface area contributed by atoms with Crippen molar-refractivity contribution in [3.05, 3.63) is 59.2 Å². The molecule has 0 N–H and O–H groups in total. The maximum atomic E-state index is 12.8. The first kappa shape index (κ1) is 27.8. The third-order valence-corrected chi connectivity index (χ3v) is 6.71. The molecule has 2 heterocycles. The average molecular weight is 525 g/mol. The minimum absolute atomic E-state index is 0.00488. The predicted molar refractivity (Wildman–Crippen MR) is 144 cm³/mol. The summed E-state index contributed by atoms with van der Waals surface area (Å²) >= 11 is 0. The van der Waals surface area contributed by atoms with Crippen LogP contribution in [-0.2, 0) is 27.2 Å². The molecule has 4 rings (SSSR count). The van der Waals surface area contributed by atoms with Crippen LogP contribution in [0.1, 0.15) is 63.3 Å². The van der Waals surface area contributed by atoms with Gasteiger partial charge in [0.2, 0.25) is 6.10 Å². The van der Waals surface area contributed by atoms with E-state index in [-0.39, 0.29) is 18.8 Å². The van der Waals surface area contributed by atoms with Crippen molar-refractivity contribution in [2.75, 3.05) is 33.3 Å². The number of rotatable bonds is 7. The number of hydrogen-bond acceptors (Lipinski definition) is 7. The molecule has 1 fully saturated rings. The number of carbonyl (C=O) groups excluding carboxylic acids is 2. The third kappa shape index (κ3) is 7.40. The molecule has 0 aromatic heterocycles. The topological polar surface area (TPSA) is 77.5 Å². The van der Waals surface area contributed by atoms with Crippen LogP contribution in [0.2, 0.25) is 0 Å². The Hall–Kier alpha value is -3.26. The number of likely N-dealkylation sites (tertiary alicyclic amines) is 1. The molecule has 2 aromatic carbocycles. The molecular weight excluding hydrogens is 484 g/mol. The summed E-state index contributed by atoms with van der Waals surface area (Å²) in [7, 11) is 2.10. The van der Waals surface area contributed by atoms with Gasteiger partial charge >= 0.3 is 12.1 Å². The lowest BCUT2D eigenvalue weighted by molar-refractivity contribution is -0.151. The molecule has 0 saturated carbocycles. The number of amides is 1. The van der Waals surface area contributed by atoms with Crippen LogP contribution in [0.4, 0.5) is 4.79 Å². The fourth-order valence-corrected chi connectivity index (χ4v) is 4.75. The Morgan fingerprint density at radius 1 is 0.974 bits per heavy atom. The van der Waals surface area contributed by atoms with Gasteiger partial charge in [-0.2, -0.15) is 0 Å². The molecule has 38 heavy (non-hydrogen) atoms. The SMILES string of the molecule is CCOC(=O)C(Oc1ccc2c(c1)CN(C)CC2)c1ccc(OC2CCN(C(=O)OC(C)(C)C)CC2)cc1. The van der Waals surface area contributed by atoms with E-state index in [9.17, 15) is 9.59 Å². The number of ether oxygens (including phenoxy) is 4. The molecule has 1 unspecified atom stereocenters. The summed E-state index contributed by atoms with van der Waals surface area (Å²) in [6, 6.07) is 13.4. The van der Waals surface area contributed by atoms with Crippen molar-refractivity contribution in [2.24, 2.45) is 0 Å². The van der Waals surface area contributed by atoms with Gasteiger partial charge in [-0.3, -0.25) is 0 Å². The highest BCUT2D eigenvalue weighted by Crippen LogP contribution is 2.29. The summed E-state index contributed by atoms with van der Waals surface area (Å²) in [6.07, 6.45) is 1.31. The van der Waals surface area contributed by atoms with Crippen molar-refractivity contribution < 1.29 is 28.5 Å². The van der Waals surface area contributed by atoms with Crippen molar-refractivity contribution in [1.29, 1.82) is 0 Å². The first-order valence-electron chi connectivity index (χ1n) is 13.5. The number of nitrogens with zero attached hydrogens (tertiary/aromatic N) is 2. The highest BCUT2D eigenvalue weighted by atomic mass is 16.6. The van der Waals surface area contributed by atoms with Gasteiger partial charge in [0.1, 0.15) is 23.2 Å². The summed E-state index contributed by atoms with van der Waals surface area (Å²) < 4.78 is 23.2. The minimum Gasteiger partial charge on any atom is -0.490 e. The van der Waals surface area contributed by atoms with E-state index < -0.39 is 17.7 Å². The standard InChI is InChI=1S/C30H40N2O6/c1-6-35-28(33)27(37-26-12-7-21-13-16-31(5)20-23(21)19-26)22-8-10-24(11-9-22)36-25-14-17-32(18-15-25)29(34)38-30(2,3)4/h7-12,19,25,27H,6,13-18,20H2,1-5H3. The number of carbonyl (C=O) groups is 2.